The Morgan fingerprint density at radius 1 is 1.19 bits per heavy atom. The number of pyridine rings is 1. The number of rotatable bonds is 5. The van der Waals surface area contributed by atoms with Crippen molar-refractivity contribution in [2.45, 2.75) is 51.4 Å². The van der Waals surface area contributed by atoms with Crippen LogP contribution >= 0.6 is 0 Å². The summed E-state index contributed by atoms with van der Waals surface area (Å²) in [6.45, 7) is 1.74. The van der Waals surface area contributed by atoms with Crippen molar-refractivity contribution in [2.75, 3.05) is 13.1 Å². The van der Waals surface area contributed by atoms with E-state index in [0.717, 1.165) is 43.7 Å². The molecular formula is C20H27N5O. The maximum absolute atomic E-state index is 12.6. The van der Waals surface area contributed by atoms with Gasteiger partial charge in [-0.15, -0.1) is 0 Å². The van der Waals surface area contributed by atoms with Gasteiger partial charge >= 0.3 is 0 Å². The highest BCUT2D eigenvalue weighted by Gasteiger charge is 2.28. The Labute approximate surface area is 154 Å². The van der Waals surface area contributed by atoms with E-state index in [-0.39, 0.29) is 0 Å². The molecule has 2 aromatic heterocycles. The summed E-state index contributed by atoms with van der Waals surface area (Å²) in [6, 6.07) is 3.85. The molecule has 1 N–H and O–H groups in total. The van der Waals surface area contributed by atoms with Crippen molar-refractivity contribution < 1.29 is 4.79 Å². The summed E-state index contributed by atoms with van der Waals surface area (Å²) in [4.78, 5) is 23.4. The first kappa shape index (κ1) is 17.2. The Kier molecular flexibility index (Phi) is 5.27. The summed E-state index contributed by atoms with van der Waals surface area (Å²) < 4.78 is 0. The van der Waals surface area contributed by atoms with Gasteiger partial charge in [-0.05, 0) is 43.2 Å². The minimum atomic E-state index is 0.355. The molecule has 2 aromatic rings. The molecule has 26 heavy (non-hydrogen) atoms. The van der Waals surface area contributed by atoms with Crippen LogP contribution in [0, 0.1) is 11.8 Å². The van der Waals surface area contributed by atoms with E-state index in [2.05, 4.69) is 25.1 Å². The van der Waals surface area contributed by atoms with Crippen LogP contribution < -0.4 is 0 Å². The molecule has 0 spiro atoms. The Hall–Kier alpha value is -2.24. The lowest BCUT2D eigenvalue weighted by Crippen LogP contribution is -2.31. The number of carbonyl (C=O) groups excluding carboxylic acids is 1. The molecule has 1 amide bonds. The van der Waals surface area contributed by atoms with Crippen LogP contribution in [0.25, 0.3) is 11.4 Å². The number of likely N-dealkylation sites (tertiary alicyclic amines) is 1. The summed E-state index contributed by atoms with van der Waals surface area (Å²) in [7, 11) is 0. The fourth-order valence-corrected chi connectivity index (χ4v) is 4.28. The number of aromatic nitrogens is 4. The average molecular weight is 353 g/mol. The van der Waals surface area contributed by atoms with E-state index in [1.54, 1.807) is 12.4 Å². The number of aromatic amines is 1. The molecule has 1 saturated heterocycles. The number of hydrogen-bond donors (Lipinski definition) is 1. The summed E-state index contributed by atoms with van der Waals surface area (Å²) in [5.74, 6) is 3.03. The molecule has 2 fully saturated rings. The highest BCUT2D eigenvalue weighted by Crippen LogP contribution is 2.28. The van der Waals surface area contributed by atoms with Gasteiger partial charge in [0.2, 0.25) is 5.91 Å². The van der Waals surface area contributed by atoms with Crippen LogP contribution in [-0.4, -0.2) is 44.1 Å². The summed E-state index contributed by atoms with van der Waals surface area (Å²) >= 11 is 0. The lowest BCUT2D eigenvalue weighted by Gasteiger charge is -2.24. The van der Waals surface area contributed by atoms with Crippen molar-refractivity contribution in [2.24, 2.45) is 11.8 Å². The van der Waals surface area contributed by atoms with Crippen LogP contribution in [0.5, 0.6) is 0 Å². The molecule has 0 bridgehead atoms. The van der Waals surface area contributed by atoms with E-state index in [0.29, 0.717) is 23.6 Å². The molecule has 1 aliphatic heterocycles. The van der Waals surface area contributed by atoms with Gasteiger partial charge in [0.05, 0.1) is 0 Å². The smallest absolute Gasteiger partial charge is 0.222 e. The van der Waals surface area contributed by atoms with Crippen LogP contribution in [0.1, 0.15) is 50.8 Å². The molecular weight excluding hydrogens is 326 g/mol. The first-order chi connectivity index (χ1) is 12.8. The topological polar surface area (TPSA) is 74.8 Å². The molecule has 3 heterocycles. The second-order valence-corrected chi connectivity index (χ2v) is 7.75. The molecule has 0 radical (unpaired) electrons. The van der Waals surface area contributed by atoms with Crippen molar-refractivity contribution in [3.8, 4) is 11.4 Å². The average Bonchev–Trinajstić information content (AvgIpc) is 3.33. The number of hydrogen-bond acceptors (Lipinski definition) is 4. The van der Waals surface area contributed by atoms with Gasteiger partial charge in [-0.25, -0.2) is 4.98 Å². The molecule has 1 aliphatic carbocycles. The van der Waals surface area contributed by atoms with Gasteiger partial charge < -0.3 is 4.90 Å². The first-order valence-electron chi connectivity index (χ1n) is 9.87. The van der Waals surface area contributed by atoms with Crippen molar-refractivity contribution >= 4 is 5.91 Å². The van der Waals surface area contributed by atoms with Crippen molar-refractivity contribution in [3.63, 3.8) is 0 Å². The number of H-pyrrole nitrogens is 1. The monoisotopic (exact) mass is 353 g/mol. The molecule has 1 unspecified atom stereocenters. The van der Waals surface area contributed by atoms with Crippen LogP contribution in [0.4, 0.5) is 0 Å². The van der Waals surface area contributed by atoms with Gasteiger partial charge in [-0.2, -0.15) is 5.10 Å². The van der Waals surface area contributed by atoms with Gasteiger partial charge in [0.25, 0.3) is 0 Å². The van der Waals surface area contributed by atoms with E-state index < -0.39 is 0 Å². The van der Waals surface area contributed by atoms with Gasteiger partial charge in [-0.3, -0.25) is 14.9 Å². The zero-order valence-corrected chi connectivity index (χ0v) is 15.2. The molecule has 2 aliphatic rings. The fraction of sp³-hybridized carbons (Fsp3) is 0.600. The highest BCUT2D eigenvalue weighted by molar-refractivity contribution is 5.76. The molecule has 4 rings (SSSR count). The van der Waals surface area contributed by atoms with Crippen molar-refractivity contribution in [1.29, 1.82) is 0 Å². The van der Waals surface area contributed by atoms with Crippen LogP contribution in [-0.2, 0) is 11.2 Å². The molecule has 1 saturated carbocycles. The van der Waals surface area contributed by atoms with Gasteiger partial charge in [-0.1, -0.05) is 19.3 Å². The standard InChI is InChI=1S/C20H27N5O/c26-19(12-15-5-2-1-3-6-15)25-10-8-16(14-25)11-18-22-20(24-23-18)17-7-4-9-21-13-17/h4,7,9,13,15-16H,1-3,5-6,8,10-12,14H2,(H,22,23,24). The van der Waals surface area contributed by atoms with E-state index in [1.807, 2.05) is 12.1 Å². The normalized spacial score (nSPS) is 21.2. The second kappa shape index (κ2) is 7.98. The maximum atomic E-state index is 12.6. The number of nitrogens with one attached hydrogen (secondary N) is 1. The van der Waals surface area contributed by atoms with Crippen LogP contribution in [0.2, 0.25) is 0 Å². The fourth-order valence-electron chi connectivity index (χ4n) is 4.28. The first-order valence-corrected chi connectivity index (χ1v) is 9.87. The second-order valence-electron chi connectivity index (χ2n) is 7.75. The summed E-state index contributed by atoms with van der Waals surface area (Å²) in [5, 5.41) is 7.35. The van der Waals surface area contributed by atoms with E-state index >= 15 is 0 Å². The van der Waals surface area contributed by atoms with Crippen molar-refractivity contribution in [1.82, 2.24) is 25.1 Å². The number of amides is 1. The predicted molar refractivity (Wildman–Crippen MR) is 99.2 cm³/mol. The third kappa shape index (κ3) is 4.11. The number of carbonyl (C=O) groups is 1. The molecule has 0 aromatic carbocycles. The zero-order chi connectivity index (χ0) is 17.8. The summed E-state index contributed by atoms with van der Waals surface area (Å²) in [6.07, 6.45) is 12.6. The molecule has 6 heteroatoms. The van der Waals surface area contributed by atoms with Gasteiger partial charge in [0, 0.05) is 43.9 Å². The SMILES string of the molecule is O=C(CC1CCCCC1)N1CCC(Cc2nc(-c3cccnc3)n[nH]2)C1. The Morgan fingerprint density at radius 3 is 2.88 bits per heavy atom. The van der Waals surface area contributed by atoms with Gasteiger partial charge in [0.1, 0.15) is 5.82 Å². The third-order valence-corrected chi connectivity index (χ3v) is 5.76. The Bertz CT molecular complexity index is 723. The van der Waals surface area contributed by atoms with E-state index in [9.17, 15) is 4.79 Å². The zero-order valence-electron chi connectivity index (χ0n) is 15.2. The lowest BCUT2D eigenvalue weighted by atomic mass is 9.87. The van der Waals surface area contributed by atoms with E-state index in [4.69, 9.17) is 0 Å². The van der Waals surface area contributed by atoms with Crippen LogP contribution in [0.3, 0.4) is 0 Å². The Balaban J connectivity index is 1.29. The minimum Gasteiger partial charge on any atom is -0.342 e. The highest BCUT2D eigenvalue weighted by atomic mass is 16.2. The lowest BCUT2D eigenvalue weighted by molar-refractivity contribution is -0.131. The largest absolute Gasteiger partial charge is 0.342 e. The Morgan fingerprint density at radius 2 is 2.08 bits per heavy atom. The third-order valence-electron chi connectivity index (χ3n) is 5.76. The van der Waals surface area contributed by atoms with Crippen LogP contribution in [0.15, 0.2) is 24.5 Å². The molecule has 6 nitrogen and oxygen atoms in total. The number of nitrogens with zero attached hydrogens (tertiary/aromatic N) is 4. The summed E-state index contributed by atoms with van der Waals surface area (Å²) in [5.41, 5.74) is 0.922. The maximum Gasteiger partial charge on any atom is 0.222 e. The minimum absolute atomic E-state index is 0.355. The van der Waals surface area contributed by atoms with E-state index in [1.165, 1.54) is 32.1 Å². The predicted octanol–water partition coefficient (Wildman–Crippen LogP) is 3.23. The van der Waals surface area contributed by atoms with Gasteiger partial charge in [0.15, 0.2) is 5.82 Å². The van der Waals surface area contributed by atoms with Crippen molar-refractivity contribution in [3.05, 3.63) is 30.4 Å². The molecule has 138 valence electrons. The molecule has 1 atom stereocenters. The quantitative estimate of drug-likeness (QED) is 0.895.